The first kappa shape index (κ1) is 55.7. The number of carbonyl (C=O) groups is 2. The maximum absolute atomic E-state index is 12.8. The molecule has 4 N–H and O–H groups in total. The number of carbonyl (C=O) groups excluding carboxylic acids is 2. The van der Waals surface area contributed by atoms with E-state index in [0.29, 0.717) is 12.8 Å². The van der Waals surface area contributed by atoms with E-state index in [1.807, 2.05) is 6.08 Å². The third kappa shape index (κ3) is 31.5. The smallest absolute Gasteiger partial charge is 0.306 e. The summed E-state index contributed by atoms with van der Waals surface area (Å²) in [5.74, 6) is -0.867. The van der Waals surface area contributed by atoms with Crippen LogP contribution in [0.25, 0.3) is 0 Å². The highest BCUT2D eigenvalue weighted by atomic mass is 16.7. The number of allylic oxidation sites excluding steroid dienone is 8. The number of hydrogen-bond donors (Lipinski definition) is 4. The van der Waals surface area contributed by atoms with Crippen LogP contribution in [0, 0.1) is 0 Å². The van der Waals surface area contributed by atoms with Crippen LogP contribution >= 0.6 is 0 Å². The van der Waals surface area contributed by atoms with E-state index in [2.05, 4.69) is 56.4 Å². The molecule has 0 bridgehead atoms. The van der Waals surface area contributed by atoms with Crippen molar-refractivity contribution in [3.05, 3.63) is 48.6 Å². The van der Waals surface area contributed by atoms with Gasteiger partial charge in [-0.15, -0.1) is 0 Å². The van der Waals surface area contributed by atoms with Crippen LogP contribution in [0.15, 0.2) is 48.6 Å². The molecular formula is C50H88O10. The molecule has 6 atom stereocenters. The van der Waals surface area contributed by atoms with Gasteiger partial charge in [0.1, 0.15) is 31.0 Å². The number of aliphatic hydroxyl groups excluding tert-OH is 4. The fourth-order valence-corrected chi connectivity index (χ4v) is 7.12. The molecule has 348 valence electrons. The second-order valence-electron chi connectivity index (χ2n) is 16.6. The molecule has 0 amide bonds. The first-order valence-electron chi connectivity index (χ1n) is 24.2. The van der Waals surface area contributed by atoms with E-state index in [-0.39, 0.29) is 32.0 Å². The minimum atomic E-state index is -1.60. The van der Waals surface area contributed by atoms with Crippen molar-refractivity contribution in [1.82, 2.24) is 0 Å². The second-order valence-corrected chi connectivity index (χ2v) is 16.6. The number of ether oxygens (including phenoxy) is 4. The van der Waals surface area contributed by atoms with Gasteiger partial charge >= 0.3 is 11.9 Å². The summed E-state index contributed by atoms with van der Waals surface area (Å²) in [6.07, 6.45) is 41.2. The third-order valence-corrected chi connectivity index (χ3v) is 11.0. The van der Waals surface area contributed by atoms with Crippen molar-refractivity contribution >= 4 is 11.9 Å². The highest BCUT2D eigenvalue weighted by Gasteiger charge is 2.44. The number of unbranched alkanes of at least 4 members (excludes halogenated alkanes) is 21. The van der Waals surface area contributed by atoms with Crippen molar-refractivity contribution in [3.63, 3.8) is 0 Å². The molecule has 1 aliphatic rings. The zero-order chi connectivity index (χ0) is 43.7. The van der Waals surface area contributed by atoms with E-state index in [4.69, 9.17) is 18.9 Å². The van der Waals surface area contributed by atoms with E-state index >= 15 is 0 Å². The summed E-state index contributed by atoms with van der Waals surface area (Å²) in [6, 6.07) is 0. The standard InChI is InChI=1S/C50H88O10/c1-3-5-7-9-11-13-15-17-19-21-23-24-26-28-30-32-34-36-38-45(52)57-41-43(42-58-50-49(56)48(55)47(54)44(40-51)60-50)59-46(53)39-37-35-33-31-29-27-25-22-20-18-16-14-12-10-8-6-4-2/h12,14,18,20,25,27,31,33,43-44,47-51,54-56H,3-11,13,15-17,19,21-24,26,28-30,32,34-42H2,1-2H3/b14-12+,20-18+,27-25+,33-31+/t43-,44-,47+,48?,49?,50-/m0/s1. The lowest BCUT2D eigenvalue weighted by molar-refractivity contribution is -0.305. The van der Waals surface area contributed by atoms with Crippen molar-refractivity contribution in [2.45, 2.75) is 237 Å². The van der Waals surface area contributed by atoms with Crippen molar-refractivity contribution in [2.24, 2.45) is 0 Å². The third-order valence-electron chi connectivity index (χ3n) is 11.0. The Kier molecular flexibility index (Phi) is 37.8. The molecule has 0 aromatic carbocycles. The molecule has 0 aromatic rings. The first-order chi connectivity index (χ1) is 29.3. The maximum Gasteiger partial charge on any atom is 0.306 e. The van der Waals surface area contributed by atoms with Gasteiger partial charge in [-0.05, 0) is 51.4 Å². The Labute approximate surface area is 365 Å². The van der Waals surface area contributed by atoms with Gasteiger partial charge in [0.15, 0.2) is 12.4 Å². The molecule has 1 heterocycles. The van der Waals surface area contributed by atoms with E-state index in [9.17, 15) is 30.0 Å². The van der Waals surface area contributed by atoms with Gasteiger partial charge in [0.2, 0.25) is 0 Å². The molecule has 60 heavy (non-hydrogen) atoms. The molecule has 10 nitrogen and oxygen atoms in total. The van der Waals surface area contributed by atoms with Gasteiger partial charge in [0.25, 0.3) is 0 Å². The van der Waals surface area contributed by atoms with Crippen LogP contribution in [-0.2, 0) is 28.5 Å². The number of hydrogen-bond acceptors (Lipinski definition) is 10. The molecule has 2 unspecified atom stereocenters. The summed E-state index contributed by atoms with van der Waals surface area (Å²) < 4.78 is 22.1. The Bertz CT molecular complexity index is 1120. The molecule has 1 fully saturated rings. The van der Waals surface area contributed by atoms with Gasteiger partial charge in [-0.1, -0.05) is 184 Å². The topological polar surface area (TPSA) is 152 Å². The summed E-state index contributed by atoms with van der Waals surface area (Å²) >= 11 is 0. The molecule has 1 aliphatic heterocycles. The highest BCUT2D eigenvalue weighted by molar-refractivity contribution is 5.70. The minimum absolute atomic E-state index is 0.155. The van der Waals surface area contributed by atoms with Gasteiger partial charge in [0.05, 0.1) is 13.2 Å². The molecule has 1 rings (SSSR count). The SMILES string of the molecule is CCCCC/C=C/C/C=C/C/C=C/C/C=C/CCCC(=O)O[C@@H](COC(=O)CCCCCCCCCCCCCCCCCCCC)CO[C@H]1O[C@@H](CO)[C@@H](O)C(O)C1O. The van der Waals surface area contributed by atoms with E-state index in [0.717, 1.165) is 44.9 Å². The summed E-state index contributed by atoms with van der Waals surface area (Å²) in [5, 5.41) is 40.1. The first-order valence-corrected chi connectivity index (χ1v) is 24.2. The molecule has 0 spiro atoms. The van der Waals surface area contributed by atoms with Crippen LogP contribution in [0.3, 0.4) is 0 Å². The average Bonchev–Trinajstić information content (AvgIpc) is 3.25. The predicted molar refractivity (Wildman–Crippen MR) is 242 cm³/mol. The Morgan fingerprint density at radius 2 is 0.950 bits per heavy atom. The Hall–Kier alpha value is -2.34. The van der Waals surface area contributed by atoms with Crippen molar-refractivity contribution < 1.29 is 49.0 Å². The van der Waals surface area contributed by atoms with E-state index in [1.54, 1.807) is 0 Å². The Morgan fingerprint density at radius 1 is 0.517 bits per heavy atom. The summed E-state index contributed by atoms with van der Waals surface area (Å²) in [7, 11) is 0. The lowest BCUT2D eigenvalue weighted by atomic mass is 9.99. The van der Waals surface area contributed by atoms with Crippen LogP contribution < -0.4 is 0 Å². The second kappa shape index (κ2) is 40.7. The van der Waals surface area contributed by atoms with Crippen LogP contribution in [0.5, 0.6) is 0 Å². The summed E-state index contributed by atoms with van der Waals surface area (Å²) in [5.41, 5.74) is 0. The van der Waals surface area contributed by atoms with Crippen LogP contribution in [0.1, 0.15) is 200 Å². The molecule has 0 radical (unpaired) electrons. The van der Waals surface area contributed by atoms with Gasteiger partial charge in [-0.3, -0.25) is 9.59 Å². The number of aliphatic hydroxyl groups is 4. The summed E-state index contributed by atoms with van der Waals surface area (Å²) in [4.78, 5) is 25.4. The molecule has 0 aromatic heterocycles. The fourth-order valence-electron chi connectivity index (χ4n) is 7.12. The Balaban J connectivity index is 2.33. The largest absolute Gasteiger partial charge is 0.462 e. The number of esters is 2. The average molecular weight is 849 g/mol. The molecule has 0 aliphatic carbocycles. The van der Waals surface area contributed by atoms with Gasteiger partial charge in [-0.25, -0.2) is 0 Å². The molecular weight excluding hydrogens is 761 g/mol. The monoisotopic (exact) mass is 849 g/mol. The van der Waals surface area contributed by atoms with E-state index in [1.165, 1.54) is 116 Å². The van der Waals surface area contributed by atoms with Gasteiger partial charge in [-0.2, -0.15) is 0 Å². The molecule has 1 saturated heterocycles. The lowest BCUT2D eigenvalue weighted by Crippen LogP contribution is -2.59. The Morgan fingerprint density at radius 3 is 1.45 bits per heavy atom. The van der Waals surface area contributed by atoms with Crippen LogP contribution in [-0.4, -0.2) is 89.0 Å². The zero-order valence-electron chi connectivity index (χ0n) is 37.9. The van der Waals surface area contributed by atoms with Crippen molar-refractivity contribution in [3.8, 4) is 0 Å². The van der Waals surface area contributed by atoms with Gasteiger partial charge in [0, 0.05) is 12.8 Å². The van der Waals surface area contributed by atoms with E-state index < -0.39 is 49.4 Å². The molecule has 10 heteroatoms. The zero-order valence-corrected chi connectivity index (χ0v) is 37.9. The number of rotatable bonds is 40. The van der Waals surface area contributed by atoms with Crippen molar-refractivity contribution in [2.75, 3.05) is 19.8 Å². The maximum atomic E-state index is 12.8. The lowest BCUT2D eigenvalue weighted by Gasteiger charge is -2.39. The normalized spacial score (nSPS) is 20.3. The minimum Gasteiger partial charge on any atom is -0.462 e. The molecule has 0 saturated carbocycles. The summed E-state index contributed by atoms with van der Waals surface area (Å²) in [6.45, 7) is 3.36. The van der Waals surface area contributed by atoms with Crippen molar-refractivity contribution in [1.29, 1.82) is 0 Å². The quantitative estimate of drug-likeness (QED) is 0.0266. The highest BCUT2D eigenvalue weighted by Crippen LogP contribution is 2.23. The van der Waals surface area contributed by atoms with Crippen LogP contribution in [0.2, 0.25) is 0 Å². The van der Waals surface area contributed by atoms with Crippen LogP contribution in [0.4, 0.5) is 0 Å². The predicted octanol–water partition coefficient (Wildman–Crippen LogP) is 10.8. The van der Waals surface area contributed by atoms with Gasteiger partial charge < -0.3 is 39.4 Å². The fraction of sp³-hybridized carbons (Fsp3) is 0.800.